The molecule has 2 rings (SSSR count). The predicted octanol–water partition coefficient (Wildman–Crippen LogP) is 2.93. The van der Waals surface area contributed by atoms with Crippen molar-refractivity contribution in [2.75, 3.05) is 6.54 Å². The fraction of sp³-hybridized carbons (Fsp3) is 0.438. The van der Waals surface area contributed by atoms with Crippen LogP contribution in [0.4, 0.5) is 0 Å². The van der Waals surface area contributed by atoms with Gasteiger partial charge in [0.2, 0.25) is 0 Å². The highest BCUT2D eigenvalue weighted by atomic mass is 16.5. The van der Waals surface area contributed by atoms with Gasteiger partial charge in [-0.25, -0.2) is 0 Å². The summed E-state index contributed by atoms with van der Waals surface area (Å²) in [4.78, 5) is 0. The molecule has 0 bridgehead atoms. The highest BCUT2D eigenvalue weighted by Gasteiger charge is 2.04. The Morgan fingerprint density at radius 1 is 1.30 bits per heavy atom. The number of aromatic nitrogens is 2. The molecule has 0 spiro atoms. The van der Waals surface area contributed by atoms with Crippen LogP contribution < -0.4 is 10.5 Å². The number of hydrogen-bond donors (Lipinski definition) is 1. The Hall–Kier alpha value is -1.81. The maximum absolute atomic E-state index is 5.74. The lowest BCUT2D eigenvalue weighted by Crippen LogP contribution is -2.08. The number of aryl methyl sites for hydroxylation is 1. The third-order valence-electron chi connectivity index (χ3n) is 3.37. The van der Waals surface area contributed by atoms with E-state index in [-0.39, 0.29) is 0 Å². The summed E-state index contributed by atoms with van der Waals surface area (Å²) >= 11 is 0. The Morgan fingerprint density at radius 3 is 2.70 bits per heavy atom. The molecule has 0 aliphatic rings. The second-order valence-electron chi connectivity index (χ2n) is 5.11. The van der Waals surface area contributed by atoms with Gasteiger partial charge in [-0.15, -0.1) is 0 Å². The third-order valence-corrected chi connectivity index (χ3v) is 3.37. The summed E-state index contributed by atoms with van der Waals surface area (Å²) in [6.45, 7) is 6.43. The van der Waals surface area contributed by atoms with Crippen molar-refractivity contribution in [3.63, 3.8) is 0 Å². The smallest absolute Gasteiger partial charge is 0.157 e. The summed E-state index contributed by atoms with van der Waals surface area (Å²) in [6, 6.07) is 8.43. The molecular formula is C16H23N3O. The minimum absolute atomic E-state index is 0.400. The molecule has 1 aromatic heterocycles. The van der Waals surface area contributed by atoms with Gasteiger partial charge >= 0.3 is 0 Å². The Bertz CT molecular complexity index is 519. The quantitative estimate of drug-likeness (QED) is 0.844. The van der Waals surface area contributed by atoms with Gasteiger partial charge in [-0.1, -0.05) is 38.1 Å². The molecule has 0 saturated carbocycles. The van der Waals surface area contributed by atoms with Gasteiger partial charge in [0.25, 0.3) is 0 Å². The van der Waals surface area contributed by atoms with E-state index in [0.29, 0.717) is 19.1 Å². The van der Waals surface area contributed by atoms with E-state index in [2.05, 4.69) is 43.2 Å². The number of nitrogens with zero attached hydrogens (tertiary/aromatic N) is 2. The molecular weight excluding hydrogens is 250 g/mol. The van der Waals surface area contributed by atoms with Crippen LogP contribution in [0.25, 0.3) is 0 Å². The number of hydrogen-bond acceptors (Lipinski definition) is 3. The van der Waals surface area contributed by atoms with Gasteiger partial charge in [0.05, 0.1) is 12.4 Å². The minimum atomic E-state index is 0.400. The minimum Gasteiger partial charge on any atom is -0.486 e. The van der Waals surface area contributed by atoms with Gasteiger partial charge < -0.3 is 10.5 Å². The zero-order chi connectivity index (χ0) is 14.4. The molecule has 0 radical (unpaired) electrons. The molecule has 0 aliphatic heterocycles. The lowest BCUT2D eigenvalue weighted by Gasteiger charge is -2.10. The topological polar surface area (TPSA) is 53.1 Å². The summed E-state index contributed by atoms with van der Waals surface area (Å²) < 4.78 is 7.64. The fourth-order valence-corrected chi connectivity index (χ4v) is 2.02. The molecule has 0 aliphatic carbocycles. The summed E-state index contributed by atoms with van der Waals surface area (Å²) in [5, 5.41) is 4.24. The van der Waals surface area contributed by atoms with E-state index in [0.717, 1.165) is 24.3 Å². The maximum atomic E-state index is 5.74. The number of nitrogens with two attached hydrogens (primary N) is 1. The van der Waals surface area contributed by atoms with Crippen molar-refractivity contribution in [1.82, 2.24) is 9.78 Å². The van der Waals surface area contributed by atoms with Crippen LogP contribution in [-0.4, -0.2) is 16.3 Å². The van der Waals surface area contributed by atoms with E-state index in [4.69, 9.17) is 10.5 Å². The Morgan fingerprint density at radius 2 is 2.05 bits per heavy atom. The van der Waals surface area contributed by atoms with E-state index in [1.807, 2.05) is 10.9 Å². The number of benzene rings is 1. The van der Waals surface area contributed by atoms with Crippen LogP contribution in [-0.2, 0) is 13.2 Å². The van der Waals surface area contributed by atoms with Crippen molar-refractivity contribution in [2.24, 2.45) is 5.73 Å². The molecule has 4 heteroatoms. The first-order valence-electron chi connectivity index (χ1n) is 7.17. The fourth-order valence-electron chi connectivity index (χ4n) is 2.02. The first-order valence-corrected chi connectivity index (χ1v) is 7.17. The highest BCUT2D eigenvalue weighted by Crippen LogP contribution is 2.16. The van der Waals surface area contributed by atoms with Gasteiger partial charge in [0.1, 0.15) is 6.61 Å². The highest BCUT2D eigenvalue weighted by molar-refractivity contribution is 5.25. The van der Waals surface area contributed by atoms with Crippen molar-refractivity contribution in [3.8, 4) is 5.75 Å². The van der Waals surface area contributed by atoms with Gasteiger partial charge in [-0.2, -0.15) is 5.10 Å². The Labute approximate surface area is 120 Å². The molecule has 0 fully saturated rings. The Balaban J connectivity index is 1.89. The average molecular weight is 273 g/mol. The van der Waals surface area contributed by atoms with Crippen molar-refractivity contribution in [3.05, 3.63) is 47.8 Å². The second-order valence-corrected chi connectivity index (χ2v) is 5.11. The second kappa shape index (κ2) is 7.10. The van der Waals surface area contributed by atoms with Gasteiger partial charge in [0.15, 0.2) is 5.75 Å². The maximum Gasteiger partial charge on any atom is 0.157 e. The molecule has 2 aromatic rings. The lowest BCUT2D eigenvalue weighted by molar-refractivity contribution is 0.305. The van der Waals surface area contributed by atoms with Crippen LogP contribution in [0.5, 0.6) is 5.75 Å². The predicted molar refractivity (Wildman–Crippen MR) is 80.8 cm³/mol. The molecule has 20 heavy (non-hydrogen) atoms. The molecule has 0 saturated heterocycles. The van der Waals surface area contributed by atoms with E-state index in [1.54, 1.807) is 6.20 Å². The summed E-state index contributed by atoms with van der Waals surface area (Å²) in [6.07, 6.45) is 4.77. The molecule has 1 unspecified atom stereocenters. The molecule has 1 aromatic carbocycles. The van der Waals surface area contributed by atoms with Crippen LogP contribution in [0.15, 0.2) is 36.7 Å². The third kappa shape index (κ3) is 3.84. The molecule has 4 nitrogen and oxygen atoms in total. The summed E-state index contributed by atoms with van der Waals surface area (Å²) in [5.41, 5.74) is 8.09. The van der Waals surface area contributed by atoms with Gasteiger partial charge in [-0.05, 0) is 30.0 Å². The SMILES string of the molecule is CCCn1cc(OCc2ccc(C(C)CN)cc2)cn1. The van der Waals surface area contributed by atoms with Crippen LogP contribution in [0, 0.1) is 0 Å². The molecule has 2 N–H and O–H groups in total. The molecule has 0 amide bonds. The van der Waals surface area contributed by atoms with Crippen LogP contribution in [0.2, 0.25) is 0 Å². The number of ether oxygens (including phenoxy) is 1. The normalized spacial score (nSPS) is 12.3. The van der Waals surface area contributed by atoms with Gasteiger partial charge in [-0.3, -0.25) is 4.68 Å². The molecule has 108 valence electrons. The van der Waals surface area contributed by atoms with E-state index in [1.165, 1.54) is 5.56 Å². The largest absolute Gasteiger partial charge is 0.486 e. The summed E-state index contributed by atoms with van der Waals surface area (Å²) in [7, 11) is 0. The number of rotatable bonds is 7. The van der Waals surface area contributed by atoms with Crippen LogP contribution in [0.3, 0.4) is 0 Å². The van der Waals surface area contributed by atoms with Crippen molar-refractivity contribution in [1.29, 1.82) is 0 Å². The zero-order valence-electron chi connectivity index (χ0n) is 12.2. The molecule has 1 heterocycles. The van der Waals surface area contributed by atoms with Crippen molar-refractivity contribution in [2.45, 2.75) is 39.3 Å². The van der Waals surface area contributed by atoms with Crippen LogP contribution >= 0.6 is 0 Å². The van der Waals surface area contributed by atoms with Gasteiger partial charge in [0, 0.05) is 6.54 Å². The zero-order valence-corrected chi connectivity index (χ0v) is 12.2. The van der Waals surface area contributed by atoms with E-state index < -0.39 is 0 Å². The molecule has 1 atom stereocenters. The monoisotopic (exact) mass is 273 g/mol. The lowest BCUT2D eigenvalue weighted by atomic mass is 10.0. The van der Waals surface area contributed by atoms with Crippen molar-refractivity contribution < 1.29 is 4.74 Å². The van der Waals surface area contributed by atoms with E-state index in [9.17, 15) is 0 Å². The Kier molecular flexibility index (Phi) is 5.18. The van der Waals surface area contributed by atoms with Crippen LogP contribution in [0.1, 0.15) is 37.3 Å². The van der Waals surface area contributed by atoms with E-state index >= 15 is 0 Å². The first-order chi connectivity index (χ1) is 9.72. The summed E-state index contributed by atoms with van der Waals surface area (Å²) in [5.74, 6) is 1.22. The first kappa shape index (κ1) is 14.6. The van der Waals surface area contributed by atoms with Crippen molar-refractivity contribution >= 4 is 0 Å². The average Bonchev–Trinajstić information content (AvgIpc) is 2.93. The standard InChI is InChI=1S/C16H23N3O/c1-3-8-19-11-16(10-18-19)20-12-14-4-6-15(7-5-14)13(2)9-17/h4-7,10-11,13H,3,8-9,12,17H2,1-2H3.